The number of carbonyl (C=O) groups excluding carboxylic acids is 2. The number of hydrogen-bond donors (Lipinski definition) is 1. The number of allylic oxidation sites excluding steroid dienone is 3. The van der Waals surface area contributed by atoms with Crippen LogP contribution < -0.4 is 0 Å². The Hall–Kier alpha value is -0.400. The molecule has 0 amide bonds. The van der Waals surface area contributed by atoms with Crippen molar-refractivity contribution < 1.29 is 29.6 Å². The summed E-state index contributed by atoms with van der Waals surface area (Å²) < 4.78 is 11.6. The van der Waals surface area contributed by atoms with Gasteiger partial charge in [-0.3, -0.25) is 9.59 Å². The zero-order valence-corrected chi connectivity index (χ0v) is 19.6. The van der Waals surface area contributed by atoms with Crippen LogP contribution in [0.25, 0.3) is 0 Å². The molecule has 3 N–H and O–H groups in total. The standard InChI is InChI=1S/C25H38O5.Ca.H2O.2H/c1-6-25(4,5)24(28)30-21-12-15(2)11-17-8-7-16(3)20(23(17)21)10-9-19-13-18(26)14-22(27)29-19;;;;/h7-8,11,15-16,18-21,23,26H,6,9-10,12-14H2,1-5H3;;1H2;;/t15-,16-,18+,19-,20-,21-,23-;;;;/m1..../s1. The number of ether oxygens (including phenoxy) is 2. The zero-order valence-electron chi connectivity index (χ0n) is 19.6. The Morgan fingerprint density at radius 1 is 1.25 bits per heavy atom. The molecule has 0 aromatic heterocycles. The van der Waals surface area contributed by atoms with Gasteiger partial charge in [-0.15, -0.1) is 0 Å². The first-order valence-corrected chi connectivity index (χ1v) is 11.6. The summed E-state index contributed by atoms with van der Waals surface area (Å²) in [6.07, 6.45) is 9.61. The van der Waals surface area contributed by atoms with Gasteiger partial charge in [0.05, 0.1) is 17.9 Å². The maximum atomic E-state index is 12.9. The van der Waals surface area contributed by atoms with Gasteiger partial charge >= 0.3 is 49.7 Å². The van der Waals surface area contributed by atoms with Crippen molar-refractivity contribution in [2.45, 2.75) is 91.5 Å². The van der Waals surface area contributed by atoms with Crippen LogP contribution >= 0.6 is 0 Å². The first-order valence-electron chi connectivity index (χ1n) is 11.6. The molecular formula is C25H42CaO6. The van der Waals surface area contributed by atoms with Crippen LogP contribution in [0.1, 0.15) is 73.1 Å². The van der Waals surface area contributed by atoms with Gasteiger partial charge in [0, 0.05) is 12.3 Å². The number of carbonyl (C=O) groups is 2. The van der Waals surface area contributed by atoms with Crippen LogP contribution in [0.3, 0.4) is 0 Å². The van der Waals surface area contributed by atoms with Crippen molar-refractivity contribution >= 4 is 49.7 Å². The molecule has 0 aromatic carbocycles. The van der Waals surface area contributed by atoms with Crippen LogP contribution in [0.2, 0.25) is 0 Å². The van der Waals surface area contributed by atoms with Crippen molar-refractivity contribution in [2.24, 2.45) is 29.1 Å². The van der Waals surface area contributed by atoms with E-state index in [0.717, 1.165) is 25.7 Å². The van der Waals surface area contributed by atoms with Gasteiger partial charge in [0.2, 0.25) is 0 Å². The Bertz CT molecular complexity index is 715. The normalized spacial score (nSPS) is 34.2. The number of esters is 2. The second kappa shape index (κ2) is 12.3. The number of hydrogen-bond acceptors (Lipinski definition) is 5. The van der Waals surface area contributed by atoms with Gasteiger partial charge < -0.3 is 20.1 Å². The van der Waals surface area contributed by atoms with E-state index in [2.05, 4.69) is 32.1 Å². The molecule has 0 aromatic rings. The predicted octanol–water partition coefficient (Wildman–Crippen LogP) is 2.84. The van der Waals surface area contributed by atoms with Gasteiger partial charge in [-0.1, -0.05) is 39.0 Å². The van der Waals surface area contributed by atoms with Crippen molar-refractivity contribution in [3.8, 4) is 0 Å². The third-order valence-corrected chi connectivity index (χ3v) is 7.35. The first-order chi connectivity index (χ1) is 14.1. The Morgan fingerprint density at radius 3 is 2.56 bits per heavy atom. The molecule has 1 aliphatic heterocycles. The first kappa shape index (κ1) is 29.6. The van der Waals surface area contributed by atoms with E-state index < -0.39 is 11.5 Å². The van der Waals surface area contributed by atoms with Crippen molar-refractivity contribution in [3.05, 3.63) is 23.8 Å². The summed E-state index contributed by atoms with van der Waals surface area (Å²) in [7, 11) is 0. The third kappa shape index (κ3) is 7.05. The Morgan fingerprint density at radius 2 is 1.94 bits per heavy atom. The average molecular weight is 479 g/mol. The Labute approximate surface area is 222 Å². The average Bonchev–Trinajstić information content (AvgIpc) is 2.66. The van der Waals surface area contributed by atoms with E-state index in [1.807, 2.05) is 20.8 Å². The Balaban J connectivity index is 0.00000256. The molecule has 1 heterocycles. The van der Waals surface area contributed by atoms with Crippen molar-refractivity contribution in [3.63, 3.8) is 0 Å². The molecule has 3 rings (SSSR count). The third-order valence-electron chi connectivity index (χ3n) is 7.35. The molecule has 7 atom stereocenters. The molecule has 1 saturated heterocycles. The zero-order chi connectivity index (χ0) is 22.1. The SMILES string of the molecule is CCC(C)(C)C(=O)O[C@@H]1C[C@H](C)C=C2C=C[C@@H](C)[C@@H](CC[C@@H]3C[C@H](O)CC(=O)O3)[C@@H]21.O.[CaH2]. The van der Waals surface area contributed by atoms with E-state index in [1.165, 1.54) is 5.57 Å². The molecule has 0 radical (unpaired) electrons. The van der Waals surface area contributed by atoms with Crippen molar-refractivity contribution in [2.75, 3.05) is 0 Å². The fourth-order valence-corrected chi connectivity index (χ4v) is 5.08. The van der Waals surface area contributed by atoms with E-state index in [-0.39, 0.29) is 79.7 Å². The fourth-order valence-electron chi connectivity index (χ4n) is 5.08. The molecule has 1 fully saturated rings. The monoisotopic (exact) mass is 478 g/mol. The van der Waals surface area contributed by atoms with Crippen LogP contribution in [0.15, 0.2) is 23.8 Å². The topological polar surface area (TPSA) is 104 Å². The van der Waals surface area contributed by atoms with Gasteiger partial charge in [0.15, 0.2) is 0 Å². The van der Waals surface area contributed by atoms with Gasteiger partial charge in [-0.2, -0.15) is 0 Å². The minimum absolute atomic E-state index is 0. The molecule has 7 heteroatoms. The summed E-state index contributed by atoms with van der Waals surface area (Å²) >= 11 is 0. The maximum absolute atomic E-state index is 12.9. The Kier molecular flexibility index (Phi) is 11.4. The molecule has 6 nitrogen and oxygen atoms in total. The van der Waals surface area contributed by atoms with Crippen LogP contribution in [-0.2, 0) is 19.1 Å². The van der Waals surface area contributed by atoms with Crippen LogP contribution in [0, 0.1) is 29.1 Å². The predicted molar refractivity (Wildman–Crippen MR) is 128 cm³/mol. The summed E-state index contributed by atoms with van der Waals surface area (Å²) in [6.45, 7) is 10.3. The number of fused-ring (bicyclic) bond motifs is 1. The molecule has 0 bridgehead atoms. The number of cyclic esters (lactones) is 1. The number of rotatable bonds is 6. The summed E-state index contributed by atoms with van der Waals surface area (Å²) in [4.78, 5) is 24.6. The van der Waals surface area contributed by atoms with Gasteiger partial charge in [0.25, 0.3) is 0 Å². The fraction of sp³-hybridized carbons (Fsp3) is 0.760. The van der Waals surface area contributed by atoms with Gasteiger partial charge in [-0.25, -0.2) is 0 Å². The molecule has 2 aliphatic carbocycles. The van der Waals surface area contributed by atoms with Crippen molar-refractivity contribution in [1.82, 2.24) is 0 Å². The number of aliphatic hydroxyl groups is 1. The van der Waals surface area contributed by atoms with E-state index in [1.54, 1.807) is 0 Å². The molecule has 0 saturated carbocycles. The molecule has 0 unspecified atom stereocenters. The number of aliphatic hydroxyl groups excluding tert-OH is 1. The van der Waals surface area contributed by atoms with Gasteiger partial charge in [-0.05, 0) is 62.9 Å². The van der Waals surface area contributed by atoms with Gasteiger partial charge in [0.1, 0.15) is 12.2 Å². The molecular weight excluding hydrogens is 436 g/mol. The van der Waals surface area contributed by atoms with Crippen LogP contribution in [0.4, 0.5) is 0 Å². The van der Waals surface area contributed by atoms with E-state index in [9.17, 15) is 14.7 Å². The molecule has 180 valence electrons. The second-order valence-corrected chi connectivity index (χ2v) is 10.3. The van der Waals surface area contributed by atoms with Crippen LogP contribution in [-0.4, -0.2) is 78.6 Å². The quantitative estimate of drug-likeness (QED) is 0.467. The van der Waals surface area contributed by atoms with E-state index in [4.69, 9.17) is 9.47 Å². The summed E-state index contributed by atoms with van der Waals surface area (Å²) in [6, 6.07) is 0. The van der Waals surface area contributed by atoms with Crippen LogP contribution in [0.5, 0.6) is 0 Å². The molecule has 0 spiro atoms. The van der Waals surface area contributed by atoms with Crippen molar-refractivity contribution in [1.29, 1.82) is 0 Å². The summed E-state index contributed by atoms with van der Waals surface area (Å²) in [5, 5.41) is 9.92. The minimum atomic E-state index is -0.601. The van der Waals surface area contributed by atoms with E-state index in [0.29, 0.717) is 24.2 Å². The summed E-state index contributed by atoms with van der Waals surface area (Å²) in [5.41, 5.74) is 0.785. The molecule has 32 heavy (non-hydrogen) atoms. The second-order valence-electron chi connectivity index (χ2n) is 10.3. The van der Waals surface area contributed by atoms with E-state index >= 15 is 0 Å². The summed E-state index contributed by atoms with van der Waals surface area (Å²) in [5.74, 6) is 0.776. The molecule has 3 aliphatic rings.